The maximum absolute atomic E-state index is 16.8. The summed E-state index contributed by atoms with van der Waals surface area (Å²) in [6.45, 7) is 3.52. The molecule has 0 amide bonds. The number of hydrogen-bond donors (Lipinski definition) is 2. The lowest BCUT2D eigenvalue weighted by atomic mass is 9.82. The van der Waals surface area contributed by atoms with Crippen LogP contribution in [0.25, 0.3) is 32.9 Å². The summed E-state index contributed by atoms with van der Waals surface area (Å²) in [4.78, 5) is 13.3. The van der Waals surface area contributed by atoms with Gasteiger partial charge in [-0.05, 0) is 63.3 Å². The molecule has 0 radical (unpaired) electrons. The van der Waals surface area contributed by atoms with E-state index in [9.17, 15) is 17.6 Å². The number of rotatable bonds is 6. The van der Waals surface area contributed by atoms with Crippen molar-refractivity contribution in [2.24, 2.45) is 0 Å². The van der Waals surface area contributed by atoms with Gasteiger partial charge in [0, 0.05) is 60.1 Å². The van der Waals surface area contributed by atoms with Gasteiger partial charge in [0.15, 0.2) is 5.82 Å². The van der Waals surface area contributed by atoms with Crippen molar-refractivity contribution in [1.29, 1.82) is 0 Å². The Labute approximate surface area is 262 Å². The van der Waals surface area contributed by atoms with Crippen LogP contribution in [0.3, 0.4) is 0 Å². The number of piperazine rings is 1. The number of aromatic amines is 1. The Morgan fingerprint density at radius 3 is 2.85 bits per heavy atom. The Kier molecular flexibility index (Phi) is 6.98. The number of hydrogen-bond acceptors (Lipinski definition) is 7. The number of halogens is 5. The van der Waals surface area contributed by atoms with Crippen LogP contribution in [-0.2, 0) is 0 Å². The van der Waals surface area contributed by atoms with Crippen molar-refractivity contribution in [1.82, 2.24) is 30.4 Å². The standard InChI is InChI=1S/C33H34F5N7O/c1-18-24(35)10-25-23(13-39-43-25)27(18)21-5-6-22-29(28(21)38)40-31(46-17-33-8-3-9-45(33)14-19(34)11-33)41-30(22)44-15-20-4-2-7-32(16-44,42-20)12-26(36)37/h5-6,10,12-13,19-20,42H,2-4,7-9,11,14-17H2,1H3,(H,39,43)/t19-,20?,32-,33+/m1/s1. The fourth-order valence-electron chi connectivity index (χ4n) is 8.46. The fraction of sp³-hybridized carbons (Fsp3) is 0.485. The molecule has 4 aliphatic heterocycles. The van der Waals surface area contributed by atoms with Gasteiger partial charge < -0.3 is 15.0 Å². The van der Waals surface area contributed by atoms with E-state index in [1.54, 1.807) is 19.1 Å². The maximum Gasteiger partial charge on any atom is 0.319 e. The molecule has 2 aromatic heterocycles. The quantitative estimate of drug-likeness (QED) is 0.244. The maximum atomic E-state index is 16.8. The lowest BCUT2D eigenvalue weighted by Crippen LogP contribution is -2.66. The lowest BCUT2D eigenvalue weighted by Gasteiger charge is -2.49. The predicted octanol–water partition coefficient (Wildman–Crippen LogP) is 6.20. The van der Waals surface area contributed by atoms with Gasteiger partial charge >= 0.3 is 6.01 Å². The Hall–Kier alpha value is -3.84. The number of anilines is 1. The van der Waals surface area contributed by atoms with E-state index in [0.717, 1.165) is 38.3 Å². The highest BCUT2D eigenvalue weighted by Gasteiger charge is 2.49. The number of H-pyrrole nitrogens is 1. The van der Waals surface area contributed by atoms with Gasteiger partial charge in [-0.15, -0.1) is 0 Å². The van der Waals surface area contributed by atoms with Crippen molar-refractivity contribution < 1.29 is 26.7 Å². The number of nitrogens with zero attached hydrogens (tertiary/aromatic N) is 5. The monoisotopic (exact) mass is 639 g/mol. The number of ether oxygens (including phenoxy) is 1. The molecule has 13 heteroatoms. The van der Waals surface area contributed by atoms with Crippen LogP contribution in [0.4, 0.5) is 27.8 Å². The number of alkyl halides is 1. The van der Waals surface area contributed by atoms with E-state index in [-0.39, 0.29) is 41.8 Å². The third-order valence-corrected chi connectivity index (χ3v) is 10.5. The van der Waals surface area contributed by atoms with Gasteiger partial charge in [0.05, 0.1) is 22.8 Å². The summed E-state index contributed by atoms with van der Waals surface area (Å²) in [5.74, 6) is -0.823. The molecule has 0 saturated carbocycles. The summed E-state index contributed by atoms with van der Waals surface area (Å²) < 4.78 is 79.9. The van der Waals surface area contributed by atoms with Crippen molar-refractivity contribution >= 4 is 27.6 Å². The summed E-state index contributed by atoms with van der Waals surface area (Å²) >= 11 is 0. The second-order valence-electron chi connectivity index (χ2n) is 13.4. The minimum absolute atomic E-state index is 0.0293. The second-order valence-corrected chi connectivity index (χ2v) is 13.4. The first-order valence-electron chi connectivity index (χ1n) is 15.8. The number of nitrogens with one attached hydrogen (secondary N) is 2. The molecule has 1 unspecified atom stereocenters. The summed E-state index contributed by atoms with van der Waals surface area (Å²) in [5.41, 5.74) is -0.297. The van der Waals surface area contributed by atoms with Crippen LogP contribution in [-0.4, -0.2) is 81.1 Å². The van der Waals surface area contributed by atoms with E-state index in [4.69, 9.17) is 9.72 Å². The molecule has 4 aliphatic rings. The smallest absolute Gasteiger partial charge is 0.319 e. The van der Waals surface area contributed by atoms with Crippen LogP contribution in [0.5, 0.6) is 6.01 Å². The van der Waals surface area contributed by atoms with E-state index in [2.05, 4.69) is 25.4 Å². The van der Waals surface area contributed by atoms with Crippen molar-refractivity contribution in [2.75, 3.05) is 37.7 Å². The van der Waals surface area contributed by atoms with Crippen LogP contribution in [0.1, 0.15) is 44.1 Å². The molecule has 4 atom stereocenters. The molecule has 2 N–H and O–H groups in total. The molecule has 4 fully saturated rings. The van der Waals surface area contributed by atoms with E-state index in [1.807, 2.05) is 4.90 Å². The molecule has 8 rings (SSSR count). The normalized spacial score (nSPS) is 27.8. The van der Waals surface area contributed by atoms with Gasteiger partial charge in [-0.1, -0.05) is 6.07 Å². The van der Waals surface area contributed by atoms with Crippen LogP contribution >= 0.6 is 0 Å². The van der Waals surface area contributed by atoms with Crippen LogP contribution in [0.15, 0.2) is 36.6 Å². The van der Waals surface area contributed by atoms with E-state index in [0.29, 0.717) is 53.6 Å². The number of fused-ring (bicyclic) bond motifs is 5. The van der Waals surface area contributed by atoms with Crippen LogP contribution in [0, 0.1) is 18.6 Å². The first-order valence-corrected chi connectivity index (χ1v) is 15.8. The highest BCUT2D eigenvalue weighted by Crippen LogP contribution is 2.42. The van der Waals surface area contributed by atoms with Gasteiger partial charge in [-0.2, -0.15) is 23.8 Å². The number of aromatic nitrogens is 4. The molecule has 2 bridgehead atoms. The molecule has 46 heavy (non-hydrogen) atoms. The molecule has 4 aromatic rings. The summed E-state index contributed by atoms with van der Waals surface area (Å²) in [6, 6.07) is 4.45. The zero-order valence-corrected chi connectivity index (χ0v) is 25.4. The average Bonchev–Trinajstić information content (AvgIpc) is 3.70. The zero-order chi connectivity index (χ0) is 31.8. The molecule has 0 spiro atoms. The Morgan fingerprint density at radius 1 is 1.13 bits per heavy atom. The largest absolute Gasteiger partial charge is 0.461 e. The minimum Gasteiger partial charge on any atom is -0.461 e. The molecule has 8 nitrogen and oxygen atoms in total. The molecule has 0 aliphatic carbocycles. The SMILES string of the molecule is Cc1c(F)cc2[nH]ncc2c1-c1ccc2c(N3CC4CCC[C@@](C=C(F)F)(C3)N4)nc(OC[C@@]34CCCN3C[C@H](F)C4)nc2c1F. The number of piperidine rings is 1. The Bertz CT molecular complexity index is 1880. The fourth-order valence-corrected chi connectivity index (χ4v) is 8.46. The molecule has 2 aromatic carbocycles. The molecular formula is C33H34F5N7O. The Morgan fingerprint density at radius 2 is 2.00 bits per heavy atom. The van der Waals surface area contributed by atoms with Gasteiger partial charge in [-0.25, -0.2) is 13.2 Å². The van der Waals surface area contributed by atoms with Gasteiger partial charge in [0.2, 0.25) is 0 Å². The van der Waals surface area contributed by atoms with Crippen molar-refractivity contribution in [3.05, 3.63) is 53.8 Å². The number of benzene rings is 2. The van der Waals surface area contributed by atoms with Crippen molar-refractivity contribution in [3.8, 4) is 17.1 Å². The van der Waals surface area contributed by atoms with Gasteiger partial charge in [0.25, 0.3) is 6.08 Å². The van der Waals surface area contributed by atoms with Crippen LogP contribution < -0.4 is 15.0 Å². The molecular weight excluding hydrogens is 605 g/mol. The third kappa shape index (κ3) is 4.81. The van der Waals surface area contributed by atoms with E-state index in [1.165, 1.54) is 12.3 Å². The second kappa shape index (κ2) is 10.9. The lowest BCUT2D eigenvalue weighted by molar-refractivity contribution is 0.107. The van der Waals surface area contributed by atoms with Crippen molar-refractivity contribution in [2.45, 2.75) is 68.7 Å². The zero-order valence-electron chi connectivity index (χ0n) is 25.4. The summed E-state index contributed by atoms with van der Waals surface area (Å²) in [5, 5.41) is 11.1. The summed E-state index contributed by atoms with van der Waals surface area (Å²) in [7, 11) is 0. The average molecular weight is 640 g/mol. The molecule has 4 saturated heterocycles. The highest BCUT2D eigenvalue weighted by molar-refractivity contribution is 6.00. The van der Waals surface area contributed by atoms with Gasteiger partial charge in [-0.3, -0.25) is 10.00 Å². The van der Waals surface area contributed by atoms with Crippen LogP contribution in [0.2, 0.25) is 0 Å². The Balaban J connectivity index is 1.27. The van der Waals surface area contributed by atoms with Gasteiger partial charge in [0.1, 0.15) is 29.9 Å². The van der Waals surface area contributed by atoms with E-state index >= 15 is 4.39 Å². The molecule has 6 heterocycles. The summed E-state index contributed by atoms with van der Waals surface area (Å²) in [6.07, 6.45) is 3.96. The minimum atomic E-state index is -1.76. The predicted molar refractivity (Wildman–Crippen MR) is 164 cm³/mol. The first-order chi connectivity index (χ1) is 22.1. The van der Waals surface area contributed by atoms with Crippen molar-refractivity contribution in [3.63, 3.8) is 0 Å². The highest BCUT2D eigenvalue weighted by atomic mass is 19.3. The van der Waals surface area contributed by atoms with E-state index < -0.39 is 35.0 Å². The third-order valence-electron chi connectivity index (χ3n) is 10.5. The molecule has 242 valence electrons. The topological polar surface area (TPSA) is 82.2 Å². The first kappa shape index (κ1) is 29.6.